The number of benzene rings is 2. The Balaban J connectivity index is 1.44. The standard InChI is InChI=1S/C23H28N4O3S/c1-16-14-17(2)19(4)22(18(16)3)31(28,29)27-12-10-26(11-13-27)15-21-24-23(30-25-21)20-8-6-5-7-9-20/h5-9,14H,10-13,15H2,1-4H3. The van der Waals surface area contributed by atoms with Gasteiger partial charge in [-0.3, -0.25) is 4.90 Å². The lowest BCUT2D eigenvalue weighted by Crippen LogP contribution is -2.48. The van der Waals surface area contributed by atoms with E-state index in [9.17, 15) is 8.42 Å². The Hall–Kier alpha value is -2.55. The SMILES string of the molecule is Cc1cc(C)c(C)c(S(=O)(=O)N2CCN(Cc3noc(-c4ccccc4)n3)CC2)c1C. The molecule has 3 aromatic rings. The molecule has 0 amide bonds. The molecule has 0 bridgehead atoms. The smallest absolute Gasteiger partial charge is 0.257 e. The van der Waals surface area contributed by atoms with Gasteiger partial charge in [0.05, 0.1) is 11.4 Å². The quantitative estimate of drug-likeness (QED) is 0.604. The molecule has 0 N–H and O–H groups in total. The number of aryl methyl sites for hydroxylation is 2. The molecule has 4 rings (SSSR count). The van der Waals surface area contributed by atoms with Crippen LogP contribution in [0.5, 0.6) is 0 Å². The summed E-state index contributed by atoms with van der Waals surface area (Å²) in [5, 5.41) is 4.09. The van der Waals surface area contributed by atoms with Crippen molar-refractivity contribution in [3.63, 3.8) is 0 Å². The summed E-state index contributed by atoms with van der Waals surface area (Å²) in [5.74, 6) is 1.11. The molecule has 0 saturated carbocycles. The first-order valence-corrected chi connectivity index (χ1v) is 11.9. The van der Waals surface area contributed by atoms with E-state index in [4.69, 9.17) is 4.52 Å². The van der Waals surface area contributed by atoms with Gasteiger partial charge in [-0.1, -0.05) is 29.4 Å². The summed E-state index contributed by atoms with van der Waals surface area (Å²) in [6.07, 6.45) is 0. The van der Waals surface area contributed by atoms with Gasteiger partial charge in [0.1, 0.15) is 0 Å². The molecular weight excluding hydrogens is 412 g/mol. The molecule has 1 saturated heterocycles. The fraction of sp³-hybridized carbons (Fsp3) is 0.391. The van der Waals surface area contributed by atoms with E-state index in [2.05, 4.69) is 21.1 Å². The number of hydrogen-bond acceptors (Lipinski definition) is 6. The summed E-state index contributed by atoms with van der Waals surface area (Å²) >= 11 is 0. The van der Waals surface area contributed by atoms with E-state index < -0.39 is 10.0 Å². The molecule has 8 heteroatoms. The summed E-state index contributed by atoms with van der Waals surface area (Å²) in [7, 11) is -3.54. The average Bonchev–Trinajstić information content (AvgIpc) is 3.22. The third-order valence-electron chi connectivity index (χ3n) is 6.08. The van der Waals surface area contributed by atoms with Crippen LogP contribution in [0, 0.1) is 27.7 Å². The number of aromatic nitrogens is 2. The van der Waals surface area contributed by atoms with E-state index in [1.165, 1.54) is 0 Å². The summed E-state index contributed by atoms with van der Waals surface area (Å²) in [6.45, 7) is 10.4. The third kappa shape index (κ3) is 4.28. The van der Waals surface area contributed by atoms with Crippen molar-refractivity contribution in [1.82, 2.24) is 19.3 Å². The maximum Gasteiger partial charge on any atom is 0.257 e. The van der Waals surface area contributed by atoms with E-state index in [-0.39, 0.29) is 0 Å². The molecule has 0 atom stereocenters. The van der Waals surface area contributed by atoms with E-state index in [0.717, 1.165) is 27.8 Å². The predicted octanol–water partition coefficient (Wildman–Crippen LogP) is 3.48. The van der Waals surface area contributed by atoms with Crippen molar-refractivity contribution in [2.24, 2.45) is 0 Å². The predicted molar refractivity (Wildman–Crippen MR) is 119 cm³/mol. The molecule has 1 fully saturated rings. The van der Waals surface area contributed by atoms with Crippen LogP contribution in [0.4, 0.5) is 0 Å². The first-order chi connectivity index (χ1) is 14.8. The molecule has 7 nitrogen and oxygen atoms in total. The van der Waals surface area contributed by atoms with Crippen molar-refractivity contribution >= 4 is 10.0 Å². The van der Waals surface area contributed by atoms with Crippen molar-refractivity contribution in [2.75, 3.05) is 26.2 Å². The molecule has 0 unspecified atom stereocenters. The van der Waals surface area contributed by atoms with Crippen LogP contribution in [0.2, 0.25) is 0 Å². The maximum absolute atomic E-state index is 13.4. The molecule has 0 radical (unpaired) electrons. The van der Waals surface area contributed by atoms with Gasteiger partial charge in [0.15, 0.2) is 5.82 Å². The molecule has 31 heavy (non-hydrogen) atoms. The average molecular weight is 441 g/mol. The number of hydrogen-bond donors (Lipinski definition) is 0. The Bertz CT molecular complexity index is 1150. The lowest BCUT2D eigenvalue weighted by molar-refractivity contribution is 0.176. The zero-order valence-electron chi connectivity index (χ0n) is 18.4. The maximum atomic E-state index is 13.4. The Morgan fingerprint density at radius 3 is 2.16 bits per heavy atom. The molecule has 0 aliphatic carbocycles. The van der Waals surface area contributed by atoms with Crippen molar-refractivity contribution in [1.29, 1.82) is 0 Å². The molecule has 2 aromatic carbocycles. The highest BCUT2D eigenvalue weighted by molar-refractivity contribution is 7.89. The first kappa shape index (κ1) is 21.7. The van der Waals surface area contributed by atoms with E-state index in [0.29, 0.717) is 49.3 Å². The minimum atomic E-state index is -3.54. The minimum absolute atomic E-state index is 0.442. The fourth-order valence-electron chi connectivity index (χ4n) is 4.04. The van der Waals surface area contributed by atoms with Gasteiger partial charge in [-0.15, -0.1) is 0 Å². The van der Waals surface area contributed by atoms with Crippen molar-refractivity contribution in [3.8, 4) is 11.5 Å². The van der Waals surface area contributed by atoms with Crippen LogP contribution in [0.15, 0.2) is 45.8 Å². The molecule has 1 aliphatic rings. The summed E-state index contributed by atoms with van der Waals surface area (Å²) in [6, 6.07) is 11.7. The number of nitrogens with zero attached hydrogens (tertiary/aromatic N) is 4. The third-order valence-corrected chi connectivity index (χ3v) is 8.25. The van der Waals surface area contributed by atoms with Gasteiger partial charge >= 0.3 is 0 Å². The lowest BCUT2D eigenvalue weighted by atomic mass is 10.0. The number of sulfonamides is 1. The molecule has 2 heterocycles. The van der Waals surface area contributed by atoms with Gasteiger partial charge in [-0.2, -0.15) is 9.29 Å². The zero-order chi connectivity index (χ0) is 22.2. The van der Waals surface area contributed by atoms with E-state index >= 15 is 0 Å². The fourth-order valence-corrected chi connectivity index (χ4v) is 6.04. The molecule has 164 valence electrons. The normalized spacial score (nSPS) is 16.0. The van der Waals surface area contributed by atoms with Crippen LogP contribution < -0.4 is 0 Å². The second-order valence-corrected chi connectivity index (χ2v) is 10.0. The van der Waals surface area contributed by atoms with Gasteiger partial charge in [0.25, 0.3) is 5.89 Å². The van der Waals surface area contributed by atoms with Gasteiger partial charge in [-0.05, 0) is 62.1 Å². The van der Waals surface area contributed by atoms with Crippen molar-refractivity contribution in [2.45, 2.75) is 39.1 Å². The van der Waals surface area contributed by atoms with Crippen LogP contribution in [-0.2, 0) is 16.6 Å². The number of rotatable bonds is 5. The summed E-state index contributed by atoms with van der Waals surface area (Å²) < 4.78 is 33.8. The monoisotopic (exact) mass is 440 g/mol. The van der Waals surface area contributed by atoms with Gasteiger partial charge in [0.2, 0.25) is 10.0 Å². The van der Waals surface area contributed by atoms with Crippen LogP contribution in [0.25, 0.3) is 11.5 Å². The van der Waals surface area contributed by atoms with Gasteiger partial charge < -0.3 is 4.52 Å². The Labute approximate surface area is 183 Å². The Morgan fingerprint density at radius 1 is 0.935 bits per heavy atom. The largest absolute Gasteiger partial charge is 0.334 e. The van der Waals surface area contributed by atoms with E-state index in [1.807, 2.05) is 58.0 Å². The molecule has 1 aliphatic heterocycles. The topological polar surface area (TPSA) is 79.5 Å². The Morgan fingerprint density at radius 2 is 1.55 bits per heavy atom. The molecular formula is C23H28N4O3S. The van der Waals surface area contributed by atoms with Crippen molar-refractivity contribution in [3.05, 3.63) is 64.5 Å². The van der Waals surface area contributed by atoms with Gasteiger partial charge in [0, 0.05) is 31.7 Å². The van der Waals surface area contributed by atoms with Gasteiger partial charge in [-0.25, -0.2) is 8.42 Å². The van der Waals surface area contributed by atoms with E-state index in [1.54, 1.807) is 4.31 Å². The molecule has 1 aromatic heterocycles. The highest BCUT2D eigenvalue weighted by Crippen LogP contribution is 2.29. The highest BCUT2D eigenvalue weighted by atomic mass is 32.2. The zero-order valence-corrected chi connectivity index (χ0v) is 19.2. The van der Waals surface area contributed by atoms with Crippen LogP contribution in [0.1, 0.15) is 28.1 Å². The summed E-state index contributed by atoms with van der Waals surface area (Å²) in [4.78, 5) is 7.10. The summed E-state index contributed by atoms with van der Waals surface area (Å²) in [5.41, 5.74) is 4.58. The van der Waals surface area contributed by atoms with Crippen molar-refractivity contribution < 1.29 is 12.9 Å². The van der Waals surface area contributed by atoms with Crippen LogP contribution in [0.3, 0.4) is 0 Å². The second kappa shape index (κ2) is 8.53. The molecule has 0 spiro atoms. The second-order valence-electron chi connectivity index (χ2n) is 8.15. The lowest BCUT2D eigenvalue weighted by Gasteiger charge is -2.34. The van der Waals surface area contributed by atoms with Crippen LogP contribution in [-0.4, -0.2) is 53.9 Å². The number of piperazine rings is 1. The Kier molecular flexibility index (Phi) is 5.96. The first-order valence-electron chi connectivity index (χ1n) is 10.5. The highest BCUT2D eigenvalue weighted by Gasteiger charge is 2.32. The minimum Gasteiger partial charge on any atom is -0.334 e. The van der Waals surface area contributed by atoms with Crippen LogP contribution >= 0.6 is 0 Å².